The third kappa shape index (κ3) is 3.08. The van der Waals surface area contributed by atoms with Crippen LogP contribution >= 0.6 is 0 Å². The SMILES string of the molecule is CC(C)(C)C1OC(C(C)(C)C)[C@H](O)[C@@H]1C(C)(C)C. The van der Waals surface area contributed by atoms with Gasteiger partial charge in [0.05, 0.1) is 18.3 Å². The fourth-order valence-corrected chi connectivity index (χ4v) is 3.12. The second-order valence-corrected chi connectivity index (χ2v) is 9.09. The average molecular weight is 256 g/mol. The van der Waals surface area contributed by atoms with E-state index in [9.17, 15) is 5.11 Å². The van der Waals surface area contributed by atoms with E-state index in [0.29, 0.717) is 0 Å². The van der Waals surface area contributed by atoms with Crippen LogP contribution in [0, 0.1) is 22.2 Å². The van der Waals surface area contributed by atoms with Crippen molar-refractivity contribution in [3.8, 4) is 0 Å². The molecule has 1 saturated heterocycles. The Hall–Kier alpha value is -0.0800. The van der Waals surface area contributed by atoms with Crippen molar-refractivity contribution in [1.82, 2.24) is 0 Å². The van der Waals surface area contributed by atoms with Crippen molar-refractivity contribution in [2.75, 3.05) is 0 Å². The standard InChI is InChI=1S/C16H32O2/c1-14(2,3)10-11(17)13(16(7,8)9)18-12(10)15(4,5)6/h10-13,17H,1-9H3/t10-,11+,12?,13?/m0/s1. The van der Waals surface area contributed by atoms with Gasteiger partial charge in [-0.05, 0) is 16.2 Å². The lowest BCUT2D eigenvalue weighted by molar-refractivity contribution is -0.0822. The van der Waals surface area contributed by atoms with E-state index in [1.54, 1.807) is 0 Å². The van der Waals surface area contributed by atoms with Crippen molar-refractivity contribution < 1.29 is 9.84 Å². The van der Waals surface area contributed by atoms with Crippen molar-refractivity contribution in [1.29, 1.82) is 0 Å². The summed E-state index contributed by atoms with van der Waals surface area (Å²) in [6.07, 6.45) is -0.350. The summed E-state index contributed by atoms with van der Waals surface area (Å²) >= 11 is 0. The van der Waals surface area contributed by atoms with Crippen LogP contribution in [0.5, 0.6) is 0 Å². The van der Waals surface area contributed by atoms with E-state index in [4.69, 9.17) is 4.74 Å². The lowest BCUT2D eigenvalue weighted by Crippen LogP contribution is -2.43. The topological polar surface area (TPSA) is 29.5 Å². The molecule has 2 nitrogen and oxygen atoms in total. The van der Waals surface area contributed by atoms with E-state index >= 15 is 0 Å². The first-order chi connectivity index (χ1) is 7.76. The molecular weight excluding hydrogens is 224 g/mol. The summed E-state index contributed by atoms with van der Waals surface area (Å²) in [6.45, 7) is 19.6. The van der Waals surface area contributed by atoms with Crippen molar-refractivity contribution in [3.05, 3.63) is 0 Å². The minimum Gasteiger partial charge on any atom is -0.390 e. The normalized spacial score (nSPS) is 35.0. The molecule has 4 atom stereocenters. The number of ether oxygens (including phenoxy) is 1. The molecule has 0 radical (unpaired) electrons. The average Bonchev–Trinajstić information content (AvgIpc) is 2.39. The maximum atomic E-state index is 10.7. The summed E-state index contributed by atoms with van der Waals surface area (Å²) in [5, 5.41) is 10.7. The van der Waals surface area contributed by atoms with E-state index in [0.717, 1.165) is 0 Å². The van der Waals surface area contributed by atoms with Gasteiger partial charge in [-0.15, -0.1) is 0 Å². The molecule has 0 aromatic carbocycles. The molecule has 0 bridgehead atoms. The van der Waals surface area contributed by atoms with Crippen LogP contribution in [0.25, 0.3) is 0 Å². The van der Waals surface area contributed by atoms with Crippen molar-refractivity contribution in [3.63, 3.8) is 0 Å². The Balaban J connectivity index is 3.13. The van der Waals surface area contributed by atoms with Gasteiger partial charge >= 0.3 is 0 Å². The molecule has 0 saturated carbocycles. The quantitative estimate of drug-likeness (QED) is 0.713. The molecule has 108 valence electrons. The molecule has 1 rings (SSSR count). The first-order valence-corrected chi connectivity index (χ1v) is 7.10. The van der Waals surface area contributed by atoms with Gasteiger partial charge in [0.1, 0.15) is 0 Å². The lowest BCUT2D eigenvalue weighted by Gasteiger charge is -2.39. The maximum absolute atomic E-state index is 10.7. The van der Waals surface area contributed by atoms with Gasteiger partial charge in [-0.3, -0.25) is 0 Å². The predicted octanol–water partition coefficient (Wildman–Crippen LogP) is 3.87. The van der Waals surface area contributed by atoms with Crippen LogP contribution in [-0.2, 0) is 4.74 Å². The Morgan fingerprint density at radius 1 is 0.667 bits per heavy atom. The molecule has 1 heterocycles. The molecule has 2 unspecified atom stereocenters. The zero-order chi connectivity index (χ0) is 14.5. The number of aliphatic hydroxyl groups excluding tert-OH is 1. The number of hydrogen-bond donors (Lipinski definition) is 1. The highest BCUT2D eigenvalue weighted by Gasteiger charge is 2.55. The lowest BCUT2D eigenvalue weighted by atomic mass is 9.67. The van der Waals surface area contributed by atoms with E-state index in [2.05, 4.69) is 62.3 Å². The molecule has 2 heteroatoms. The minimum absolute atomic E-state index is 0.0249. The van der Waals surface area contributed by atoms with Crippen LogP contribution in [-0.4, -0.2) is 23.4 Å². The van der Waals surface area contributed by atoms with Gasteiger partial charge in [-0.2, -0.15) is 0 Å². The van der Waals surface area contributed by atoms with Crippen molar-refractivity contribution >= 4 is 0 Å². The van der Waals surface area contributed by atoms with Gasteiger partial charge in [0.25, 0.3) is 0 Å². The fraction of sp³-hybridized carbons (Fsp3) is 1.00. The second kappa shape index (κ2) is 4.49. The zero-order valence-electron chi connectivity index (χ0n) is 13.7. The molecule has 0 amide bonds. The highest BCUT2D eigenvalue weighted by molar-refractivity contribution is 5.02. The summed E-state index contributed by atoms with van der Waals surface area (Å²) < 4.78 is 6.29. The number of rotatable bonds is 0. The van der Waals surface area contributed by atoms with Gasteiger partial charge in [-0.25, -0.2) is 0 Å². The Kier molecular flexibility index (Phi) is 3.98. The van der Waals surface area contributed by atoms with Crippen molar-refractivity contribution in [2.24, 2.45) is 22.2 Å². The molecule has 18 heavy (non-hydrogen) atoms. The highest BCUT2D eigenvalue weighted by Crippen LogP contribution is 2.49. The van der Waals surface area contributed by atoms with Crippen LogP contribution in [0.4, 0.5) is 0 Å². The first-order valence-electron chi connectivity index (χ1n) is 7.10. The smallest absolute Gasteiger partial charge is 0.0890 e. The Labute approximate surface area is 113 Å². The summed E-state index contributed by atoms with van der Waals surface area (Å²) in [7, 11) is 0. The second-order valence-electron chi connectivity index (χ2n) is 9.09. The number of aliphatic hydroxyl groups is 1. The predicted molar refractivity (Wildman–Crippen MR) is 76.5 cm³/mol. The summed E-state index contributed by atoms with van der Waals surface area (Å²) in [4.78, 5) is 0. The van der Waals surface area contributed by atoms with Crippen molar-refractivity contribution in [2.45, 2.75) is 80.6 Å². The molecule has 1 aliphatic rings. The Morgan fingerprint density at radius 2 is 1.06 bits per heavy atom. The van der Waals surface area contributed by atoms with Crippen LogP contribution in [0.15, 0.2) is 0 Å². The van der Waals surface area contributed by atoms with E-state index in [1.807, 2.05) is 0 Å². The molecule has 0 aliphatic carbocycles. The highest BCUT2D eigenvalue weighted by atomic mass is 16.5. The minimum atomic E-state index is -0.380. The largest absolute Gasteiger partial charge is 0.390 e. The van der Waals surface area contributed by atoms with Gasteiger partial charge in [0.15, 0.2) is 0 Å². The zero-order valence-corrected chi connectivity index (χ0v) is 13.7. The Morgan fingerprint density at radius 3 is 1.28 bits per heavy atom. The van der Waals surface area contributed by atoms with E-state index < -0.39 is 0 Å². The first kappa shape index (κ1) is 16.0. The van der Waals surface area contributed by atoms with Gasteiger partial charge < -0.3 is 9.84 Å². The van der Waals surface area contributed by atoms with E-state index in [-0.39, 0.29) is 40.5 Å². The number of hydrogen-bond acceptors (Lipinski definition) is 2. The van der Waals surface area contributed by atoms with E-state index in [1.165, 1.54) is 0 Å². The third-order valence-electron chi connectivity index (χ3n) is 4.00. The fourth-order valence-electron chi connectivity index (χ4n) is 3.12. The molecule has 1 fully saturated rings. The summed E-state index contributed by atoms with van der Waals surface area (Å²) in [5.41, 5.74) is 0.0825. The Bertz CT molecular complexity index is 288. The van der Waals surface area contributed by atoms with Gasteiger partial charge in [0, 0.05) is 5.92 Å². The monoisotopic (exact) mass is 256 g/mol. The molecule has 0 aromatic rings. The molecule has 0 spiro atoms. The van der Waals surface area contributed by atoms with Crippen LogP contribution in [0.2, 0.25) is 0 Å². The third-order valence-corrected chi connectivity index (χ3v) is 4.00. The van der Waals surface area contributed by atoms with Crippen LogP contribution in [0.3, 0.4) is 0 Å². The van der Waals surface area contributed by atoms with Crippen LogP contribution < -0.4 is 0 Å². The molecule has 1 aliphatic heterocycles. The van der Waals surface area contributed by atoms with Gasteiger partial charge in [0.2, 0.25) is 0 Å². The molecular formula is C16H32O2. The van der Waals surface area contributed by atoms with Crippen LogP contribution in [0.1, 0.15) is 62.3 Å². The summed E-state index contributed by atoms with van der Waals surface area (Å²) in [6, 6.07) is 0. The molecule has 0 aromatic heterocycles. The van der Waals surface area contributed by atoms with Gasteiger partial charge in [-0.1, -0.05) is 62.3 Å². The maximum Gasteiger partial charge on any atom is 0.0890 e. The summed E-state index contributed by atoms with van der Waals surface area (Å²) in [5.74, 6) is 0.182. The molecule has 1 N–H and O–H groups in total.